The first-order valence-corrected chi connectivity index (χ1v) is 12.8. The second kappa shape index (κ2) is 11.2. The molecule has 0 spiro atoms. The molecule has 5 aromatic rings. The van der Waals surface area contributed by atoms with Crippen molar-refractivity contribution in [3.8, 4) is 28.2 Å². The van der Waals surface area contributed by atoms with Crippen LogP contribution in [0.3, 0.4) is 0 Å². The van der Waals surface area contributed by atoms with Gasteiger partial charge in [-0.3, -0.25) is 14.3 Å². The number of ether oxygens (including phenoxy) is 1. The highest BCUT2D eigenvalue weighted by molar-refractivity contribution is 6.07. The number of amides is 1. The quantitative estimate of drug-likeness (QED) is 0.294. The van der Waals surface area contributed by atoms with Crippen molar-refractivity contribution in [2.45, 2.75) is 13.8 Å². The first kappa shape index (κ1) is 26.3. The van der Waals surface area contributed by atoms with Gasteiger partial charge in [-0.05, 0) is 38.1 Å². The molecule has 0 atom stereocenters. The zero-order chi connectivity index (χ0) is 28.2. The van der Waals surface area contributed by atoms with E-state index in [0.29, 0.717) is 33.8 Å². The number of nitrogens with zero attached hydrogens (tertiary/aromatic N) is 4. The third kappa shape index (κ3) is 4.92. The molecular weight excluding hydrogens is 506 g/mol. The minimum Gasteiger partial charge on any atom is -0.461 e. The number of para-hydroxylation sites is 1. The molecule has 0 radical (unpaired) electrons. The first-order chi connectivity index (χ1) is 19.4. The van der Waals surface area contributed by atoms with E-state index in [4.69, 9.17) is 9.72 Å². The Kier molecular flexibility index (Phi) is 7.37. The van der Waals surface area contributed by atoms with E-state index >= 15 is 0 Å². The number of benzene rings is 3. The van der Waals surface area contributed by atoms with Crippen molar-refractivity contribution in [1.82, 2.24) is 19.3 Å². The summed E-state index contributed by atoms with van der Waals surface area (Å²) in [4.78, 5) is 49.5. The van der Waals surface area contributed by atoms with E-state index in [1.165, 1.54) is 0 Å². The highest BCUT2D eigenvalue weighted by Gasteiger charge is 2.28. The van der Waals surface area contributed by atoms with E-state index in [-0.39, 0.29) is 29.4 Å². The number of hydrogen-bond donors (Lipinski definition) is 1. The zero-order valence-electron chi connectivity index (χ0n) is 22.3. The van der Waals surface area contributed by atoms with E-state index in [0.717, 1.165) is 0 Å². The number of aromatic nitrogens is 4. The summed E-state index contributed by atoms with van der Waals surface area (Å²) < 4.78 is 8.54. The molecule has 0 aliphatic heterocycles. The maximum absolute atomic E-state index is 14.0. The van der Waals surface area contributed by atoms with Crippen molar-refractivity contribution < 1.29 is 14.3 Å². The van der Waals surface area contributed by atoms with Crippen molar-refractivity contribution >= 4 is 17.7 Å². The van der Waals surface area contributed by atoms with Crippen LogP contribution in [0.4, 0.5) is 5.82 Å². The van der Waals surface area contributed by atoms with E-state index in [9.17, 15) is 14.4 Å². The molecule has 0 saturated heterocycles. The van der Waals surface area contributed by atoms with Crippen LogP contribution in [0.15, 0.2) is 95.8 Å². The predicted molar refractivity (Wildman–Crippen MR) is 153 cm³/mol. The molecule has 0 saturated carbocycles. The zero-order valence-corrected chi connectivity index (χ0v) is 22.3. The molecule has 5 rings (SSSR count). The van der Waals surface area contributed by atoms with Crippen molar-refractivity contribution in [1.29, 1.82) is 0 Å². The van der Waals surface area contributed by atoms with Gasteiger partial charge in [0.15, 0.2) is 11.5 Å². The minimum absolute atomic E-state index is 0.101. The molecule has 9 heteroatoms. The van der Waals surface area contributed by atoms with Gasteiger partial charge in [0.2, 0.25) is 0 Å². The Morgan fingerprint density at radius 1 is 0.850 bits per heavy atom. The maximum Gasteiger partial charge on any atom is 0.360 e. The topological polar surface area (TPSA) is 108 Å². The Bertz CT molecular complexity index is 1740. The van der Waals surface area contributed by atoms with Crippen molar-refractivity contribution in [2.75, 3.05) is 11.9 Å². The summed E-state index contributed by atoms with van der Waals surface area (Å²) in [6.07, 6.45) is 0. The van der Waals surface area contributed by atoms with Gasteiger partial charge in [0, 0.05) is 23.9 Å². The average Bonchev–Trinajstić information content (AvgIpc) is 3.21. The third-order valence-corrected chi connectivity index (χ3v) is 6.47. The molecule has 40 heavy (non-hydrogen) atoms. The lowest BCUT2D eigenvalue weighted by Gasteiger charge is -2.15. The highest BCUT2D eigenvalue weighted by Crippen LogP contribution is 2.32. The Morgan fingerprint density at radius 2 is 1.45 bits per heavy atom. The minimum atomic E-state index is -0.742. The van der Waals surface area contributed by atoms with Gasteiger partial charge in [0.05, 0.1) is 23.6 Å². The fourth-order valence-electron chi connectivity index (χ4n) is 4.45. The molecule has 0 aliphatic rings. The largest absolute Gasteiger partial charge is 0.461 e. The van der Waals surface area contributed by atoms with Crippen molar-refractivity contribution in [2.24, 2.45) is 7.05 Å². The van der Waals surface area contributed by atoms with E-state index in [1.807, 2.05) is 67.6 Å². The van der Waals surface area contributed by atoms with Crippen LogP contribution in [-0.2, 0) is 11.8 Å². The maximum atomic E-state index is 14.0. The molecule has 2 heterocycles. The SMILES string of the molecule is CCOC(=O)c1nc(-c2ccccc2)c(-c2c(C)n(C)n(-c3ccccc3)c2=O)nc1NC(=O)c1ccccc1. The van der Waals surface area contributed by atoms with Gasteiger partial charge < -0.3 is 10.1 Å². The second-order valence-corrected chi connectivity index (χ2v) is 8.96. The van der Waals surface area contributed by atoms with Crippen LogP contribution >= 0.6 is 0 Å². The molecule has 1 amide bonds. The fraction of sp³-hybridized carbons (Fsp3) is 0.129. The van der Waals surface area contributed by atoms with E-state index in [1.54, 1.807) is 53.7 Å². The number of nitrogens with one attached hydrogen (secondary N) is 1. The van der Waals surface area contributed by atoms with Gasteiger partial charge in [-0.1, -0.05) is 66.7 Å². The van der Waals surface area contributed by atoms with Gasteiger partial charge in [-0.25, -0.2) is 19.4 Å². The summed E-state index contributed by atoms with van der Waals surface area (Å²) in [6.45, 7) is 3.60. The Hall–Kier alpha value is -5.31. The number of esters is 1. The summed E-state index contributed by atoms with van der Waals surface area (Å²) in [7, 11) is 1.79. The smallest absolute Gasteiger partial charge is 0.360 e. The molecule has 1 N–H and O–H groups in total. The highest BCUT2D eigenvalue weighted by atomic mass is 16.5. The van der Waals surface area contributed by atoms with Crippen molar-refractivity contribution in [3.63, 3.8) is 0 Å². The lowest BCUT2D eigenvalue weighted by molar-refractivity contribution is 0.0520. The number of carbonyl (C=O) groups is 2. The third-order valence-electron chi connectivity index (χ3n) is 6.47. The number of hydrogen-bond acceptors (Lipinski definition) is 6. The lowest BCUT2D eigenvalue weighted by Crippen LogP contribution is -2.22. The van der Waals surface area contributed by atoms with Gasteiger partial charge in [0.25, 0.3) is 11.5 Å². The van der Waals surface area contributed by atoms with E-state index < -0.39 is 11.9 Å². The molecular formula is C31H27N5O4. The molecule has 0 fully saturated rings. The lowest BCUT2D eigenvalue weighted by atomic mass is 10.0. The van der Waals surface area contributed by atoms with Gasteiger partial charge in [-0.2, -0.15) is 0 Å². The van der Waals surface area contributed by atoms with Crippen LogP contribution in [-0.4, -0.2) is 37.8 Å². The second-order valence-electron chi connectivity index (χ2n) is 8.96. The normalized spacial score (nSPS) is 10.8. The standard InChI is InChI=1S/C31H27N5O4/c1-4-40-31(39)27-28(34-29(37)22-16-10-6-11-17-22)33-26(25(32-27)21-14-8-5-9-15-21)24-20(2)35(3)36(30(24)38)23-18-12-7-13-19-23/h5-19H,4H2,1-3H3,(H,33,34,37). The number of anilines is 1. The van der Waals surface area contributed by atoms with E-state index in [2.05, 4.69) is 10.3 Å². The van der Waals surface area contributed by atoms with Crippen LogP contribution in [0.2, 0.25) is 0 Å². The van der Waals surface area contributed by atoms with Crippen LogP contribution < -0.4 is 10.9 Å². The number of rotatable bonds is 7. The summed E-state index contributed by atoms with van der Waals surface area (Å²) in [5.74, 6) is -1.32. The molecule has 0 aliphatic carbocycles. The molecule has 0 unspecified atom stereocenters. The van der Waals surface area contributed by atoms with Gasteiger partial charge >= 0.3 is 5.97 Å². The van der Waals surface area contributed by atoms with Gasteiger partial charge in [-0.15, -0.1) is 0 Å². The monoisotopic (exact) mass is 533 g/mol. The van der Waals surface area contributed by atoms with Gasteiger partial charge in [0.1, 0.15) is 5.69 Å². The van der Waals surface area contributed by atoms with Crippen LogP contribution in [0.1, 0.15) is 33.5 Å². The molecule has 0 bridgehead atoms. The summed E-state index contributed by atoms with van der Waals surface area (Å²) in [6, 6.07) is 27.0. The van der Waals surface area contributed by atoms with Crippen LogP contribution in [0.25, 0.3) is 28.2 Å². The summed E-state index contributed by atoms with van der Waals surface area (Å²) in [5.41, 5.74) is 2.68. The first-order valence-electron chi connectivity index (χ1n) is 12.8. The summed E-state index contributed by atoms with van der Waals surface area (Å²) >= 11 is 0. The predicted octanol–water partition coefficient (Wildman–Crippen LogP) is 5.04. The fourth-order valence-corrected chi connectivity index (χ4v) is 4.45. The Morgan fingerprint density at radius 3 is 2.08 bits per heavy atom. The number of carbonyl (C=O) groups excluding carboxylic acids is 2. The molecule has 9 nitrogen and oxygen atoms in total. The molecule has 2 aromatic heterocycles. The van der Waals surface area contributed by atoms with Crippen molar-refractivity contribution in [3.05, 3.63) is 118 Å². The van der Waals surface area contributed by atoms with Crippen LogP contribution in [0.5, 0.6) is 0 Å². The average molecular weight is 534 g/mol. The molecule has 3 aromatic carbocycles. The summed E-state index contributed by atoms with van der Waals surface area (Å²) in [5, 5.41) is 2.72. The Labute approximate surface area is 230 Å². The Balaban J connectivity index is 1.78. The van der Waals surface area contributed by atoms with Crippen LogP contribution in [0, 0.1) is 6.92 Å². The molecule has 200 valence electrons.